The molecule has 1 rings (SSSR count). The predicted molar refractivity (Wildman–Crippen MR) is 76.6 cm³/mol. The Bertz CT molecular complexity index is 437. The molecule has 0 aromatic carbocycles. The maximum absolute atomic E-state index is 12.0. The lowest BCUT2D eigenvalue weighted by Gasteiger charge is -2.13. The van der Waals surface area contributed by atoms with Crippen molar-refractivity contribution >= 4 is 17.5 Å². The Morgan fingerprint density at radius 2 is 2.11 bits per heavy atom. The van der Waals surface area contributed by atoms with Crippen molar-refractivity contribution in [3.05, 3.63) is 22.7 Å². The minimum absolute atomic E-state index is 0.157. The average molecular weight is 285 g/mol. The Hall–Kier alpha value is -1.20. The molecule has 1 aromatic heterocycles. The van der Waals surface area contributed by atoms with Gasteiger partial charge >= 0.3 is 0 Å². The maximum Gasteiger partial charge on any atom is 0.271 e. The fourth-order valence-corrected chi connectivity index (χ4v) is 1.75. The topological polar surface area (TPSA) is 66.9 Å². The molecule has 0 aliphatic rings. The molecule has 1 amide bonds. The zero-order chi connectivity index (χ0) is 14.4. The van der Waals surface area contributed by atoms with E-state index in [1.165, 1.54) is 6.20 Å². The van der Waals surface area contributed by atoms with E-state index >= 15 is 0 Å². The molecule has 0 fully saturated rings. The van der Waals surface area contributed by atoms with Crippen LogP contribution in [0.1, 0.15) is 49.9 Å². The first-order valence-corrected chi connectivity index (χ1v) is 6.87. The second-order valence-electron chi connectivity index (χ2n) is 4.75. The van der Waals surface area contributed by atoms with Crippen LogP contribution >= 0.6 is 11.6 Å². The smallest absolute Gasteiger partial charge is 0.271 e. The molecule has 106 valence electrons. The van der Waals surface area contributed by atoms with Crippen molar-refractivity contribution in [2.45, 2.75) is 39.7 Å². The van der Waals surface area contributed by atoms with Gasteiger partial charge in [-0.2, -0.15) is 0 Å². The van der Waals surface area contributed by atoms with E-state index in [2.05, 4.69) is 20.6 Å². The molecule has 0 radical (unpaired) electrons. The van der Waals surface area contributed by atoms with Crippen LogP contribution in [-0.2, 0) is 0 Å². The molecule has 0 saturated heterocycles. The molecular weight excluding hydrogens is 264 g/mol. The summed E-state index contributed by atoms with van der Waals surface area (Å²) in [5, 5.41) is 6.31. The van der Waals surface area contributed by atoms with Gasteiger partial charge in [0, 0.05) is 18.5 Å². The molecular formula is C13H21ClN4O. The highest BCUT2D eigenvalue weighted by Gasteiger charge is 2.15. The van der Waals surface area contributed by atoms with E-state index < -0.39 is 0 Å². The van der Waals surface area contributed by atoms with Crippen LogP contribution in [0.3, 0.4) is 0 Å². The van der Waals surface area contributed by atoms with Gasteiger partial charge < -0.3 is 10.6 Å². The number of likely N-dealkylation sites (N-methyl/N-ethyl adjacent to an activating group) is 1. The van der Waals surface area contributed by atoms with Crippen LogP contribution in [0, 0.1) is 0 Å². The van der Waals surface area contributed by atoms with E-state index in [-0.39, 0.29) is 28.6 Å². The summed E-state index contributed by atoms with van der Waals surface area (Å²) >= 11 is 5.97. The number of carbonyl (C=O) groups is 1. The Balaban J connectivity index is 2.73. The van der Waals surface area contributed by atoms with Gasteiger partial charge in [0.05, 0.1) is 11.2 Å². The molecule has 2 N–H and O–H groups in total. The molecule has 0 spiro atoms. The van der Waals surface area contributed by atoms with Crippen LogP contribution in [-0.4, -0.2) is 35.0 Å². The fraction of sp³-hybridized carbons (Fsp3) is 0.615. The molecule has 1 heterocycles. The molecule has 0 unspecified atom stereocenters. The van der Waals surface area contributed by atoms with Crippen LogP contribution in [0.25, 0.3) is 0 Å². The van der Waals surface area contributed by atoms with Gasteiger partial charge in [-0.25, -0.2) is 9.97 Å². The number of carbonyl (C=O) groups excluding carboxylic acids is 1. The summed E-state index contributed by atoms with van der Waals surface area (Å²) < 4.78 is 0. The van der Waals surface area contributed by atoms with Crippen molar-refractivity contribution in [1.82, 2.24) is 20.6 Å². The summed E-state index contributed by atoms with van der Waals surface area (Å²) in [7, 11) is 0. The number of amides is 1. The maximum atomic E-state index is 12.0. The van der Waals surface area contributed by atoms with Gasteiger partial charge in [0.25, 0.3) is 5.91 Å². The van der Waals surface area contributed by atoms with E-state index in [4.69, 9.17) is 11.6 Å². The summed E-state index contributed by atoms with van der Waals surface area (Å²) in [4.78, 5) is 20.4. The summed E-state index contributed by atoms with van der Waals surface area (Å²) in [5.41, 5.74) is 0.240. The Morgan fingerprint density at radius 1 is 1.42 bits per heavy atom. The monoisotopic (exact) mass is 284 g/mol. The van der Waals surface area contributed by atoms with Gasteiger partial charge in [-0.05, 0) is 13.5 Å². The molecule has 0 bridgehead atoms. The van der Waals surface area contributed by atoms with Gasteiger partial charge in [-0.3, -0.25) is 4.79 Å². The van der Waals surface area contributed by atoms with E-state index in [1.807, 2.05) is 27.7 Å². The fourth-order valence-electron chi connectivity index (χ4n) is 1.57. The van der Waals surface area contributed by atoms with Gasteiger partial charge in [-0.1, -0.05) is 32.4 Å². The van der Waals surface area contributed by atoms with Gasteiger partial charge in [0.15, 0.2) is 0 Å². The normalized spacial score (nSPS) is 12.5. The van der Waals surface area contributed by atoms with Crippen LogP contribution in [0.5, 0.6) is 0 Å². The van der Waals surface area contributed by atoms with Crippen molar-refractivity contribution in [2.24, 2.45) is 0 Å². The number of rotatable bonds is 6. The van der Waals surface area contributed by atoms with Crippen molar-refractivity contribution in [3.8, 4) is 0 Å². The summed E-state index contributed by atoms with van der Waals surface area (Å²) in [6, 6.07) is 0.208. The SMILES string of the molecule is CCN[C@H](C)CNC(=O)c1nc(C(C)C)ncc1Cl. The Kier molecular flexibility index (Phi) is 6.18. The molecule has 0 saturated carbocycles. The third-order valence-electron chi connectivity index (χ3n) is 2.62. The predicted octanol–water partition coefficient (Wildman–Crippen LogP) is 1.98. The number of hydrogen-bond donors (Lipinski definition) is 2. The second-order valence-corrected chi connectivity index (χ2v) is 5.16. The summed E-state index contributed by atoms with van der Waals surface area (Å²) in [6.07, 6.45) is 1.48. The first-order valence-electron chi connectivity index (χ1n) is 6.49. The molecule has 0 aliphatic heterocycles. The number of halogens is 1. The Morgan fingerprint density at radius 3 is 2.68 bits per heavy atom. The third-order valence-corrected chi connectivity index (χ3v) is 2.89. The number of hydrogen-bond acceptors (Lipinski definition) is 4. The minimum Gasteiger partial charge on any atom is -0.349 e. The van der Waals surface area contributed by atoms with Crippen LogP contribution in [0.4, 0.5) is 0 Å². The molecule has 5 nitrogen and oxygen atoms in total. The average Bonchev–Trinajstić information content (AvgIpc) is 2.36. The lowest BCUT2D eigenvalue weighted by atomic mass is 10.2. The molecule has 0 aliphatic carbocycles. The van der Waals surface area contributed by atoms with Crippen LogP contribution < -0.4 is 10.6 Å². The standard InChI is InChI=1S/C13H21ClN4O/c1-5-15-9(4)6-17-13(19)11-10(14)7-16-12(18-11)8(2)3/h7-9,15H,5-6H2,1-4H3,(H,17,19)/t9-/m1/s1. The van der Waals surface area contributed by atoms with Crippen molar-refractivity contribution in [1.29, 1.82) is 0 Å². The number of aromatic nitrogens is 2. The third kappa shape index (κ3) is 4.76. The first-order chi connectivity index (χ1) is 8.95. The van der Waals surface area contributed by atoms with Crippen molar-refractivity contribution in [2.75, 3.05) is 13.1 Å². The first kappa shape index (κ1) is 15.9. The number of nitrogens with one attached hydrogen (secondary N) is 2. The van der Waals surface area contributed by atoms with E-state index in [1.54, 1.807) is 0 Å². The van der Waals surface area contributed by atoms with Crippen LogP contribution in [0.2, 0.25) is 5.02 Å². The summed E-state index contributed by atoms with van der Waals surface area (Å²) in [6.45, 7) is 9.36. The molecule has 1 aromatic rings. The number of nitrogens with zero attached hydrogens (tertiary/aromatic N) is 2. The Labute approximate surface area is 119 Å². The highest BCUT2D eigenvalue weighted by molar-refractivity contribution is 6.33. The van der Waals surface area contributed by atoms with Crippen molar-refractivity contribution in [3.63, 3.8) is 0 Å². The van der Waals surface area contributed by atoms with Crippen LogP contribution in [0.15, 0.2) is 6.20 Å². The van der Waals surface area contributed by atoms with E-state index in [9.17, 15) is 4.79 Å². The largest absolute Gasteiger partial charge is 0.349 e. The van der Waals surface area contributed by atoms with Gasteiger partial charge in [-0.15, -0.1) is 0 Å². The van der Waals surface area contributed by atoms with E-state index in [0.717, 1.165) is 6.54 Å². The molecule has 19 heavy (non-hydrogen) atoms. The zero-order valence-electron chi connectivity index (χ0n) is 11.8. The molecule has 1 atom stereocenters. The van der Waals surface area contributed by atoms with Gasteiger partial charge in [0.2, 0.25) is 0 Å². The highest BCUT2D eigenvalue weighted by Crippen LogP contribution is 2.16. The zero-order valence-corrected chi connectivity index (χ0v) is 12.6. The quantitative estimate of drug-likeness (QED) is 0.838. The minimum atomic E-state index is -0.265. The lowest BCUT2D eigenvalue weighted by molar-refractivity contribution is 0.0945. The van der Waals surface area contributed by atoms with Crippen molar-refractivity contribution < 1.29 is 4.79 Å². The molecule has 6 heteroatoms. The highest BCUT2D eigenvalue weighted by atomic mass is 35.5. The van der Waals surface area contributed by atoms with Gasteiger partial charge in [0.1, 0.15) is 11.5 Å². The van der Waals surface area contributed by atoms with E-state index in [0.29, 0.717) is 12.4 Å². The summed E-state index contributed by atoms with van der Waals surface area (Å²) in [5.74, 6) is 0.512. The second kappa shape index (κ2) is 7.40. The lowest BCUT2D eigenvalue weighted by Crippen LogP contribution is -2.39.